The predicted octanol–water partition coefficient (Wildman–Crippen LogP) is 6.14. The molecule has 0 heterocycles. The van der Waals surface area contributed by atoms with Gasteiger partial charge in [-0.15, -0.1) is 0 Å². The van der Waals surface area contributed by atoms with Gasteiger partial charge in [-0.05, 0) is 91.0 Å². The van der Waals surface area contributed by atoms with Gasteiger partial charge < -0.3 is 5.73 Å². The van der Waals surface area contributed by atoms with Gasteiger partial charge in [-0.3, -0.25) is 4.79 Å². The van der Waals surface area contributed by atoms with Gasteiger partial charge in [0.15, 0.2) is 5.78 Å². The number of carbonyl (C=O) groups excluding carboxylic acids is 1. The summed E-state index contributed by atoms with van der Waals surface area (Å²) in [6.07, 6.45) is 8.48. The molecule has 0 spiro atoms. The highest BCUT2D eigenvalue weighted by atomic mass is 16.1. The molecule has 3 nitrogen and oxygen atoms in total. The van der Waals surface area contributed by atoms with Crippen molar-refractivity contribution in [2.45, 2.75) is 52.0 Å². The van der Waals surface area contributed by atoms with Crippen LogP contribution in [0.1, 0.15) is 61.3 Å². The van der Waals surface area contributed by atoms with Gasteiger partial charge in [0.1, 0.15) is 0 Å². The third-order valence-corrected chi connectivity index (χ3v) is 6.63. The number of nitrogens with zero attached hydrogens (tertiary/aromatic N) is 1. The van der Waals surface area contributed by atoms with E-state index in [0.29, 0.717) is 5.56 Å². The third kappa shape index (κ3) is 4.66. The molecule has 4 rings (SSSR count). The maximum atomic E-state index is 13.5. The number of ketones is 1. The van der Waals surface area contributed by atoms with Gasteiger partial charge in [0, 0.05) is 11.6 Å². The number of carbonyl (C=O) groups is 1. The number of hydrogen-bond donors (Lipinski definition) is 1. The van der Waals surface area contributed by atoms with Crippen molar-refractivity contribution in [2.24, 2.45) is 11.7 Å². The third-order valence-electron chi connectivity index (χ3n) is 6.63. The zero-order valence-corrected chi connectivity index (χ0v) is 18.9. The number of Topliss-reactive ketones (excluding diaryl/α,β-unsaturated/α-hetero) is 1. The molecule has 2 aliphatic rings. The van der Waals surface area contributed by atoms with Crippen LogP contribution in [0.3, 0.4) is 0 Å². The number of rotatable bonds is 4. The number of allylic oxidation sites excluding steroid dienone is 5. The van der Waals surface area contributed by atoms with Crippen LogP contribution in [0.4, 0.5) is 0 Å². The molecule has 3 heteroatoms. The van der Waals surface area contributed by atoms with E-state index in [-0.39, 0.29) is 17.7 Å². The lowest BCUT2D eigenvalue weighted by molar-refractivity contribution is -0.112. The summed E-state index contributed by atoms with van der Waals surface area (Å²) in [6.45, 7) is 4.24. The minimum atomic E-state index is 0.138. The van der Waals surface area contributed by atoms with E-state index in [0.717, 1.165) is 54.4 Å². The standard InChI is InChI=1S/C29H30N2O/c1-19-6-10-22(11-7-19)27-16-20(2)26(29(32)24-4-3-5-25(31)15-14-24)17-28(27)23-12-8-21(18-30)9-13-23/h6-14,17,20,25H,3-5,15-16,31H2,1-2H3. The highest BCUT2D eigenvalue weighted by Gasteiger charge is 2.28. The monoisotopic (exact) mass is 422 g/mol. The first-order chi connectivity index (χ1) is 15.5. The lowest BCUT2D eigenvalue weighted by Gasteiger charge is -2.26. The van der Waals surface area contributed by atoms with E-state index in [1.54, 1.807) is 0 Å². The first-order valence-corrected chi connectivity index (χ1v) is 11.5. The van der Waals surface area contributed by atoms with Crippen LogP contribution in [0.2, 0.25) is 0 Å². The molecule has 0 fully saturated rings. The molecule has 32 heavy (non-hydrogen) atoms. The molecule has 0 saturated carbocycles. The molecule has 162 valence electrons. The molecular formula is C29H30N2O. The maximum absolute atomic E-state index is 13.5. The summed E-state index contributed by atoms with van der Waals surface area (Å²) in [6, 6.07) is 18.6. The SMILES string of the molecule is Cc1ccc(C2=C(c3ccc(C#N)cc3)C=C(C(=O)C3=CCC(N)CCC3)C(C)C2)cc1. The van der Waals surface area contributed by atoms with Crippen LogP contribution < -0.4 is 5.73 Å². The molecule has 2 unspecified atom stereocenters. The average molecular weight is 423 g/mol. The van der Waals surface area contributed by atoms with E-state index < -0.39 is 0 Å². The molecule has 2 aliphatic carbocycles. The van der Waals surface area contributed by atoms with Crippen LogP contribution in [-0.2, 0) is 4.79 Å². The van der Waals surface area contributed by atoms with Crippen LogP contribution in [-0.4, -0.2) is 11.8 Å². The second-order valence-corrected chi connectivity index (χ2v) is 9.10. The van der Waals surface area contributed by atoms with Crippen molar-refractivity contribution in [2.75, 3.05) is 0 Å². The lowest BCUT2D eigenvalue weighted by atomic mass is 9.77. The van der Waals surface area contributed by atoms with Crippen molar-refractivity contribution >= 4 is 16.9 Å². The molecule has 2 aromatic rings. The summed E-state index contributed by atoms with van der Waals surface area (Å²) < 4.78 is 0. The van der Waals surface area contributed by atoms with E-state index in [9.17, 15) is 10.1 Å². The number of nitrogens with two attached hydrogens (primary N) is 1. The summed E-state index contributed by atoms with van der Waals surface area (Å²) in [5.41, 5.74) is 14.3. The maximum Gasteiger partial charge on any atom is 0.184 e. The predicted molar refractivity (Wildman–Crippen MR) is 131 cm³/mol. The number of nitriles is 1. The van der Waals surface area contributed by atoms with E-state index >= 15 is 0 Å². The van der Waals surface area contributed by atoms with Gasteiger partial charge in [0.05, 0.1) is 11.6 Å². The number of aryl methyl sites for hydroxylation is 1. The Bertz CT molecular complexity index is 1140. The van der Waals surface area contributed by atoms with Crippen molar-refractivity contribution in [1.82, 2.24) is 0 Å². The van der Waals surface area contributed by atoms with Crippen molar-refractivity contribution in [3.05, 3.63) is 94.1 Å². The zero-order chi connectivity index (χ0) is 22.7. The Morgan fingerprint density at radius 2 is 1.75 bits per heavy atom. The number of hydrogen-bond acceptors (Lipinski definition) is 3. The minimum Gasteiger partial charge on any atom is -0.327 e. The Kier molecular flexibility index (Phi) is 6.53. The Labute approximate surface area is 191 Å². The normalized spacial score (nSPS) is 21.3. The summed E-state index contributed by atoms with van der Waals surface area (Å²) in [5, 5.41) is 9.20. The Morgan fingerprint density at radius 3 is 2.44 bits per heavy atom. The van der Waals surface area contributed by atoms with Crippen LogP contribution >= 0.6 is 0 Å². The van der Waals surface area contributed by atoms with Crippen LogP contribution in [0.5, 0.6) is 0 Å². The fraction of sp³-hybridized carbons (Fsp3) is 0.310. The topological polar surface area (TPSA) is 66.9 Å². The summed E-state index contributed by atoms with van der Waals surface area (Å²) in [5.74, 6) is 0.305. The first kappa shape index (κ1) is 22.0. The molecule has 0 amide bonds. The van der Waals surface area contributed by atoms with Gasteiger partial charge in [-0.1, -0.05) is 55.0 Å². The molecule has 0 bridgehead atoms. The molecular weight excluding hydrogens is 392 g/mol. The molecule has 2 aromatic carbocycles. The van der Waals surface area contributed by atoms with Crippen molar-refractivity contribution in [3.8, 4) is 6.07 Å². The quantitative estimate of drug-likeness (QED) is 0.643. The van der Waals surface area contributed by atoms with Crippen LogP contribution in [0.25, 0.3) is 11.1 Å². The van der Waals surface area contributed by atoms with Crippen molar-refractivity contribution in [3.63, 3.8) is 0 Å². The molecule has 0 radical (unpaired) electrons. The first-order valence-electron chi connectivity index (χ1n) is 11.5. The second-order valence-electron chi connectivity index (χ2n) is 9.10. The molecule has 0 aromatic heterocycles. The molecule has 0 aliphatic heterocycles. The summed E-state index contributed by atoms with van der Waals surface area (Å²) in [4.78, 5) is 13.5. The van der Waals surface area contributed by atoms with Crippen molar-refractivity contribution in [1.29, 1.82) is 5.26 Å². The lowest BCUT2D eigenvalue weighted by Crippen LogP contribution is -2.18. The zero-order valence-electron chi connectivity index (χ0n) is 18.9. The Morgan fingerprint density at radius 1 is 1.06 bits per heavy atom. The van der Waals surface area contributed by atoms with Gasteiger partial charge in [-0.2, -0.15) is 5.26 Å². The summed E-state index contributed by atoms with van der Waals surface area (Å²) in [7, 11) is 0. The molecule has 2 N–H and O–H groups in total. The van der Waals surface area contributed by atoms with Gasteiger partial charge in [-0.25, -0.2) is 0 Å². The van der Waals surface area contributed by atoms with E-state index in [4.69, 9.17) is 5.73 Å². The Balaban J connectivity index is 1.80. The van der Waals surface area contributed by atoms with Gasteiger partial charge in [0.2, 0.25) is 0 Å². The Hall–Kier alpha value is -3.22. The largest absolute Gasteiger partial charge is 0.327 e. The fourth-order valence-corrected chi connectivity index (χ4v) is 4.67. The number of benzene rings is 2. The van der Waals surface area contributed by atoms with Crippen LogP contribution in [0, 0.1) is 24.2 Å². The van der Waals surface area contributed by atoms with E-state index in [1.165, 1.54) is 16.7 Å². The van der Waals surface area contributed by atoms with E-state index in [2.05, 4.69) is 56.3 Å². The van der Waals surface area contributed by atoms with E-state index in [1.807, 2.05) is 24.3 Å². The second kappa shape index (κ2) is 9.51. The fourth-order valence-electron chi connectivity index (χ4n) is 4.67. The molecule has 2 atom stereocenters. The highest BCUT2D eigenvalue weighted by Crippen LogP contribution is 2.41. The highest BCUT2D eigenvalue weighted by molar-refractivity contribution is 6.12. The smallest absolute Gasteiger partial charge is 0.184 e. The minimum absolute atomic E-state index is 0.138. The molecule has 0 saturated heterocycles. The van der Waals surface area contributed by atoms with Gasteiger partial charge >= 0.3 is 0 Å². The van der Waals surface area contributed by atoms with Crippen molar-refractivity contribution < 1.29 is 4.79 Å². The summed E-state index contributed by atoms with van der Waals surface area (Å²) >= 11 is 0. The van der Waals surface area contributed by atoms with Gasteiger partial charge in [0.25, 0.3) is 0 Å². The van der Waals surface area contributed by atoms with Crippen LogP contribution in [0.15, 0.2) is 71.8 Å². The average Bonchev–Trinajstić information content (AvgIpc) is 3.03.